The van der Waals surface area contributed by atoms with Gasteiger partial charge in [-0.15, -0.1) is 11.3 Å². The van der Waals surface area contributed by atoms with E-state index in [9.17, 15) is 0 Å². The normalized spacial score (nSPS) is 30.1. The van der Waals surface area contributed by atoms with E-state index in [-0.39, 0.29) is 0 Å². The molecule has 2 bridgehead atoms. The van der Waals surface area contributed by atoms with Gasteiger partial charge in [-0.05, 0) is 48.5 Å². The summed E-state index contributed by atoms with van der Waals surface area (Å²) in [6, 6.07) is 4.13. The predicted molar refractivity (Wildman–Crippen MR) is 72.3 cm³/mol. The third kappa shape index (κ3) is 1.79. The highest BCUT2D eigenvalue weighted by molar-refractivity contribution is 7.13. The molecule has 2 aromatic rings. The van der Waals surface area contributed by atoms with E-state index in [0.29, 0.717) is 0 Å². The van der Waals surface area contributed by atoms with Crippen molar-refractivity contribution in [3.8, 4) is 10.7 Å². The van der Waals surface area contributed by atoms with Gasteiger partial charge in [-0.3, -0.25) is 5.10 Å². The third-order valence-electron chi connectivity index (χ3n) is 4.61. The van der Waals surface area contributed by atoms with E-state index in [1.165, 1.54) is 25.7 Å². The van der Waals surface area contributed by atoms with Gasteiger partial charge in [-0.1, -0.05) is 12.5 Å². The topological polar surface area (TPSA) is 41.6 Å². The Kier molecular flexibility index (Phi) is 2.50. The SMILES string of the molecule is c1csc(-c2n[nH]c(CC3CC4CCC3C4)n2)c1. The van der Waals surface area contributed by atoms with Crippen molar-refractivity contribution in [2.24, 2.45) is 17.8 Å². The average molecular weight is 259 g/mol. The van der Waals surface area contributed by atoms with Crippen LogP contribution in [0.25, 0.3) is 10.7 Å². The minimum atomic E-state index is 0.855. The summed E-state index contributed by atoms with van der Waals surface area (Å²) in [6.07, 6.45) is 6.90. The Morgan fingerprint density at radius 1 is 1.33 bits per heavy atom. The van der Waals surface area contributed by atoms with E-state index in [2.05, 4.69) is 26.6 Å². The first-order chi connectivity index (χ1) is 8.88. The van der Waals surface area contributed by atoms with E-state index < -0.39 is 0 Å². The summed E-state index contributed by atoms with van der Waals surface area (Å²) in [6.45, 7) is 0. The van der Waals surface area contributed by atoms with Gasteiger partial charge in [-0.2, -0.15) is 5.10 Å². The van der Waals surface area contributed by atoms with Gasteiger partial charge in [0.1, 0.15) is 5.82 Å². The van der Waals surface area contributed by atoms with Crippen molar-refractivity contribution in [2.75, 3.05) is 0 Å². The first-order valence-corrected chi connectivity index (χ1v) is 7.71. The molecule has 0 aliphatic heterocycles. The average Bonchev–Trinajstić information content (AvgIpc) is 3.14. The molecular weight excluding hydrogens is 242 g/mol. The van der Waals surface area contributed by atoms with Crippen LogP contribution in [0.5, 0.6) is 0 Å². The van der Waals surface area contributed by atoms with Crippen molar-refractivity contribution in [1.82, 2.24) is 15.2 Å². The number of aromatic amines is 1. The Hall–Kier alpha value is -1.16. The lowest BCUT2D eigenvalue weighted by Crippen LogP contribution is -2.13. The second-order valence-electron chi connectivity index (χ2n) is 5.72. The molecule has 18 heavy (non-hydrogen) atoms. The zero-order valence-corrected chi connectivity index (χ0v) is 11.1. The molecular formula is C14H17N3S. The van der Waals surface area contributed by atoms with E-state index in [4.69, 9.17) is 0 Å². The third-order valence-corrected chi connectivity index (χ3v) is 5.48. The van der Waals surface area contributed by atoms with Crippen LogP contribution < -0.4 is 0 Å². The van der Waals surface area contributed by atoms with Crippen LogP contribution in [0.4, 0.5) is 0 Å². The maximum atomic E-state index is 4.64. The summed E-state index contributed by atoms with van der Waals surface area (Å²) in [7, 11) is 0. The van der Waals surface area contributed by atoms with Crippen molar-refractivity contribution >= 4 is 11.3 Å². The van der Waals surface area contributed by atoms with Gasteiger partial charge in [0.05, 0.1) is 4.88 Å². The summed E-state index contributed by atoms with van der Waals surface area (Å²) < 4.78 is 0. The van der Waals surface area contributed by atoms with E-state index in [0.717, 1.165) is 40.7 Å². The molecule has 4 rings (SSSR count). The van der Waals surface area contributed by atoms with Crippen LogP contribution in [0.15, 0.2) is 17.5 Å². The fourth-order valence-corrected chi connectivity index (χ4v) is 4.43. The van der Waals surface area contributed by atoms with Crippen LogP contribution in [-0.4, -0.2) is 15.2 Å². The Labute approximate surface area is 111 Å². The van der Waals surface area contributed by atoms with Gasteiger partial charge in [0, 0.05) is 6.42 Å². The molecule has 4 heteroatoms. The second kappa shape index (κ2) is 4.19. The maximum absolute atomic E-state index is 4.64. The van der Waals surface area contributed by atoms with Crippen LogP contribution in [-0.2, 0) is 6.42 Å². The number of nitrogens with zero attached hydrogens (tertiary/aromatic N) is 2. The van der Waals surface area contributed by atoms with Gasteiger partial charge in [-0.25, -0.2) is 4.98 Å². The highest BCUT2D eigenvalue weighted by Crippen LogP contribution is 2.49. The van der Waals surface area contributed by atoms with Crippen molar-refractivity contribution in [2.45, 2.75) is 32.1 Å². The molecule has 2 aromatic heterocycles. The van der Waals surface area contributed by atoms with Crippen LogP contribution >= 0.6 is 11.3 Å². The van der Waals surface area contributed by atoms with Crippen LogP contribution in [0.2, 0.25) is 0 Å². The second-order valence-corrected chi connectivity index (χ2v) is 6.67. The molecule has 1 N–H and O–H groups in total. The number of nitrogens with one attached hydrogen (secondary N) is 1. The van der Waals surface area contributed by atoms with Gasteiger partial charge >= 0.3 is 0 Å². The fourth-order valence-electron chi connectivity index (χ4n) is 3.78. The highest BCUT2D eigenvalue weighted by atomic mass is 32.1. The number of hydrogen-bond donors (Lipinski definition) is 1. The molecule has 3 nitrogen and oxygen atoms in total. The lowest BCUT2D eigenvalue weighted by molar-refractivity contribution is 0.327. The lowest BCUT2D eigenvalue weighted by Gasteiger charge is -2.19. The number of rotatable bonds is 3. The van der Waals surface area contributed by atoms with E-state index in [1.54, 1.807) is 11.3 Å². The van der Waals surface area contributed by atoms with Crippen molar-refractivity contribution in [3.05, 3.63) is 23.3 Å². The molecule has 2 fully saturated rings. The minimum absolute atomic E-state index is 0.855. The summed E-state index contributed by atoms with van der Waals surface area (Å²) in [5.74, 6) is 4.77. The molecule has 2 heterocycles. The summed E-state index contributed by atoms with van der Waals surface area (Å²) in [5.41, 5.74) is 0. The minimum Gasteiger partial charge on any atom is -0.263 e. The first kappa shape index (κ1) is 10.7. The molecule has 2 saturated carbocycles. The molecule has 3 atom stereocenters. The quantitative estimate of drug-likeness (QED) is 0.916. The van der Waals surface area contributed by atoms with E-state index >= 15 is 0 Å². The van der Waals surface area contributed by atoms with E-state index in [1.807, 2.05) is 6.07 Å². The molecule has 0 saturated heterocycles. The Balaban J connectivity index is 1.49. The molecule has 94 valence electrons. The number of hydrogen-bond acceptors (Lipinski definition) is 3. The summed E-state index contributed by atoms with van der Waals surface area (Å²) in [4.78, 5) is 5.80. The first-order valence-electron chi connectivity index (χ1n) is 6.83. The fraction of sp³-hybridized carbons (Fsp3) is 0.571. The van der Waals surface area contributed by atoms with Gasteiger partial charge in [0.2, 0.25) is 0 Å². The molecule has 3 unspecified atom stereocenters. The van der Waals surface area contributed by atoms with Crippen LogP contribution in [0.3, 0.4) is 0 Å². The highest BCUT2D eigenvalue weighted by Gasteiger charge is 2.39. The molecule has 0 radical (unpaired) electrons. The number of fused-ring (bicyclic) bond motifs is 2. The Bertz CT molecular complexity index is 531. The van der Waals surface area contributed by atoms with Crippen LogP contribution in [0.1, 0.15) is 31.5 Å². The zero-order chi connectivity index (χ0) is 11.9. The molecule has 2 aliphatic rings. The predicted octanol–water partition coefficient (Wildman–Crippen LogP) is 3.51. The van der Waals surface area contributed by atoms with Gasteiger partial charge in [0.15, 0.2) is 5.82 Å². The van der Waals surface area contributed by atoms with Crippen molar-refractivity contribution in [1.29, 1.82) is 0 Å². The monoisotopic (exact) mass is 259 g/mol. The van der Waals surface area contributed by atoms with Crippen molar-refractivity contribution in [3.63, 3.8) is 0 Å². The standard InChI is InChI=1S/C14H17N3S/c1-2-12(18-5-1)14-15-13(16-17-14)8-11-7-9-3-4-10(11)6-9/h1-2,5,9-11H,3-4,6-8H2,(H,15,16,17). The lowest BCUT2D eigenvalue weighted by atomic mass is 9.86. The molecule has 0 aromatic carbocycles. The largest absolute Gasteiger partial charge is 0.263 e. The summed E-state index contributed by atoms with van der Waals surface area (Å²) in [5, 5.41) is 9.53. The molecule has 0 amide bonds. The summed E-state index contributed by atoms with van der Waals surface area (Å²) >= 11 is 1.70. The van der Waals surface area contributed by atoms with Crippen molar-refractivity contribution < 1.29 is 0 Å². The molecule has 2 aliphatic carbocycles. The van der Waals surface area contributed by atoms with Gasteiger partial charge < -0.3 is 0 Å². The molecule has 0 spiro atoms. The zero-order valence-electron chi connectivity index (χ0n) is 10.3. The smallest absolute Gasteiger partial charge is 0.191 e. The Morgan fingerprint density at radius 2 is 2.33 bits per heavy atom. The Morgan fingerprint density at radius 3 is 3.06 bits per heavy atom. The number of H-pyrrole nitrogens is 1. The number of aromatic nitrogens is 3. The maximum Gasteiger partial charge on any atom is 0.191 e. The van der Waals surface area contributed by atoms with Crippen LogP contribution in [0, 0.1) is 17.8 Å². The van der Waals surface area contributed by atoms with Gasteiger partial charge in [0.25, 0.3) is 0 Å². The number of thiophene rings is 1.